The zero-order chi connectivity index (χ0) is 14.7. The third-order valence-corrected chi connectivity index (χ3v) is 4.11. The van der Waals surface area contributed by atoms with Crippen molar-refractivity contribution in [1.82, 2.24) is 24.7 Å². The van der Waals surface area contributed by atoms with E-state index in [2.05, 4.69) is 25.5 Å². The molecule has 21 heavy (non-hydrogen) atoms. The normalized spacial score (nSPS) is 17.4. The van der Waals surface area contributed by atoms with Crippen LogP contribution in [0.4, 0.5) is 5.82 Å². The quantitative estimate of drug-likeness (QED) is 0.837. The molecule has 1 aliphatic heterocycles. The van der Waals surface area contributed by atoms with Gasteiger partial charge < -0.3 is 15.3 Å². The van der Waals surface area contributed by atoms with E-state index in [-0.39, 0.29) is 6.61 Å². The Labute approximate surface area is 124 Å². The van der Waals surface area contributed by atoms with E-state index in [1.807, 2.05) is 19.1 Å². The lowest BCUT2D eigenvalue weighted by molar-refractivity contribution is 0.151. The second-order valence-corrected chi connectivity index (χ2v) is 5.63. The van der Waals surface area contributed by atoms with E-state index < -0.39 is 0 Å². The summed E-state index contributed by atoms with van der Waals surface area (Å²) in [6.45, 7) is 6.03. The molecule has 1 fully saturated rings. The summed E-state index contributed by atoms with van der Waals surface area (Å²) in [6, 6.07) is 3.88. The van der Waals surface area contributed by atoms with E-state index in [4.69, 9.17) is 5.11 Å². The van der Waals surface area contributed by atoms with Crippen molar-refractivity contribution in [2.45, 2.75) is 19.8 Å². The number of aliphatic hydroxyl groups is 1. The number of aromatic nitrogens is 4. The summed E-state index contributed by atoms with van der Waals surface area (Å²) in [5.41, 5.74) is 0.773. The van der Waals surface area contributed by atoms with Crippen molar-refractivity contribution in [3.05, 3.63) is 18.0 Å². The molecule has 0 atom stereocenters. The van der Waals surface area contributed by atoms with Crippen molar-refractivity contribution < 1.29 is 5.11 Å². The molecule has 7 heteroatoms. The third kappa shape index (κ3) is 3.30. The van der Waals surface area contributed by atoms with Gasteiger partial charge in [-0.15, -0.1) is 15.3 Å². The molecule has 3 rings (SSSR count). The first-order valence-electron chi connectivity index (χ1n) is 7.52. The third-order valence-electron chi connectivity index (χ3n) is 4.11. The van der Waals surface area contributed by atoms with Crippen LogP contribution in [0.5, 0.6) is 0 Å². The van der Waals surface area contributed by atoms with Gasteiger partial charge in [0.15, 0.2) is 11.5 Å². The second-order valence-electron chi connectivity index (χ2n) is 5.63. The minimum absolute atomic E-state index is 0.255. The summed E-state index contributed by atoms with van der Waals surface area (Å²) in [4.78, 5) is 2.32. The predicted molar refractivity (Wildman–Crippen MR) is 80.3 cm³/mol. The minimum atomic E-state index is 0.255. The average molecular weight is 290 g/mol. The maximum absolute atomic E-state index is 8.95. The summed E-state index contributed by atoms with van der Waals surface area (Å²) < 4.78 is 1.76. The van der Waals surface area contributed by atoms with Crippen LogP contribution < -0.4 is 5.32 Å². The molecule has 3 heterocycles. The second kappa shape index (κ2) is 6.36. The van der Waals surface area contributed by atoms with Gasteiger partial charge in [-0.3, -0.25) is 0 Å². The van der Waals surface area contributed by atoms with Crippen molar-refractivity contribution in [1.29, 1.82) is 0 Å². The SMILES string of the molecule is Cc1nnc2ccc(NCC3CCN(CCO)CC3)nn12. The lowest BCUT2D eigenvalue weighted by Crippen LogP contribution is -2.37. The Hall–Kier alpha value is -1.73. The summed E-state index contributed by atoms with van der Waals surface area (Å²) in [7, 11) is 0. The monoisotopic (exact) mass is 290 g/mol. The number of nitrogens with zero attached hydrogens (tertiary/aromatic N) is 5. The Morgan fingerprint density at radius 3 is 2.86 bits per heavy atom. The first-order chi connectivity index (χ1) is 10.3. The van der Waals surface area contributed by atoms with Gasteiger partial charge in [-0.1, -0.05) is 0 Å². The van der Waals surface area contributed by atoms with E-state index >= 15 is 0 Å². The molecule has 2 N–H and O–H groups in total. The van der Waals surface area contributed by atoms with Gasteiger partial charge in [0.1, 0.15) is 5.82 Å². The highest BCUT2D eigenvalue weighted by molar-refractivity contribution is 5.43. The molecule has 0 amide bonds. The van der Waals surface area contributed by atoms with Crippen molar-refractivity contribution in [3.8, 4) is 0 Å². The predicted octanol–water partition coefficient (Wildman–Crippen LogP) is 0.549. The molecule has 1 aliphatic rings. The van der Waals surface area contributed by atoms with Crippen molar-refractivity contribution >= 4 is 11.5 Å². The molecule has 0 aromatic carbocycles. The number of anilines is 1. The van der Waals surface area contributed by atoms with Gasteiger partial charge in [0.05, 0.1) is 6.61 Å². The Kier molecular flexibility index (Phi) is 4.31. The highest BCUT2D eigenvalue weighted by Crippen LogP contribution is 2.17. The van der Waals surface area contributed by atoms with E-state index in [0.29, 0.717) is 5.92 Å². The summed E-state index contributed by atoms with van der Waals surface area (Å²) in [6.07, 6.45) is 2.34. The van der Waals surface area contributed by atoms with Crippen LogP contribution >= 0.6 is 0 Å². The van der Waals surface area contributed by atoms with Gasteiger partial charge in [-0.25, -0.2) is 0 Å². The number of fused-ring (bicyclic) bond motifs is 1. The van der Waals surface area contributed by atoms with E-state index in [0.717, 1.165) is 43.5 Å². The molecule has 1 saturated heterocycles. The number of piperidine rings is 1. The fourth-order valence-corrected chi connectivity index (χ4v) is 2.79. The Balaban J connectivity index is 1.53. The zero-order valence-corrected chi connectivity index (χ0v) is 12.4. The van der Waals surface area contributed by atoms with Crippen molar-refractivity contribution in [2.75, 3.05) is 38.1 Å². The molecule has 0 aliphatic carbocycles. The van der Waals surface area contributed by atoms with E-state index in [1.54, 1.807) is 4.52 Å². The van der Waals surface area contributed by atoms with Crippen LogP contribution in [-0.2, 0) is 0 Å². The highest BCUT2D eigenvalue weighted by atomic mass is 16.3. The molecular formula is C14H22N6O. The average Bonchev–Trinajstić information content (AvgIpc) is 2.88. The lowest BCUT2D eigenvalue weighted by Gasteiger charge is -2.31. The number of hydrogen-bond donors (Lipinski definition) is 2. The molecule has 0 radical (unpaired) electrons. The maximum Gasteiger partial charge on any atom is 0.178 e. The van der Waals surface area contributed by atoms with E-state index in [1.165, 1.54) is 12.8 Å². The standard InChI is InChI=1S/C14H22N6O/c1-11-16-17-14-3-2-13(18-20(11)14)15-10-12-4-6-19(7-5-12)8-9-21/h2-3,12,21H,4-10H2,1H3,(H,15,18). The molecule has 0 saturated carbocycles. The van der Waals surface area contributed by atoms with Crippen LogP contribution in [0.1, 0.15) is 18.7 Å². The first-order valence-corrected chi connectivity index (χ1v) is 7.52. The molecule has 0 bridgehead atoms. The number of hydrogen-bond acceptors (Lipinski definition) is 6. The van der Waals surface area contributed by atoms with Crippen LogP contribution in [0, 0.1) is 12.8 Å². The maximum atomic E-state index is 8.95. The summed E-state index contributed by atoms with van der Waals surface area (Å²) >= 11 is 0. The number of rotatable bonds is 5. The van der Waals surface area contributed by atoms with Gasteiger partial charge in [0, 0.05) is 13.1 Å². The minimum Gasteiger partial charge on any atom is -0.395 e. The van der Waals surface area contributed by atoms with Gasteiger partial charge in [0.2, 0.25) is 0 Å². The molecule has 2 aromatic heterocycles. The van der Waals surface area contributed by atoms with Crippen molar-refractivity contribution in [3.63, 3.8) is 0 Å². The first kappa shape index (κ1) is 14.2. The lowest BCUT2D eigenvalue weighted by atomic mass is 9.97. The molecule has 0 spiro atoms. The Morgan fingerprint density at radius 1 is 1.29 bits per heavy atom. The molecule has 0 unspecified atom stereocenters. The summed E-state index contributed by atoms with van der Waals surface area (Å²) in [5.74, 6) is 2.33. The fraction of sp³-hybridized carbons (Fsp3) is 0.643. The van der Waals surface area contributed by atoms with Gasteiger partial charge >= 0.3 is 0 Å². The number of aliphatic hydroxyl groups excluding tert-OH is 1. The number of aryl methyl sites for hydroxylation is 1. The zero-order valence-electron chi connectivity index (χ0n) is 12.4. The number of β-amino-alcohol motifs (C(OH)–C–C–N with tert-alkyl or cyclic N) is 1. The molecule has 114 valence electrons. The van der Waals surface area contributed by atoms with Crippen LogP contribution in [0.3, 0.4) is 0 Å². The van der Waals surface area contributed by atoms with E-state index in [9.17, 15) is 0 Å². The van der Waals surface area contributed by atoms with Crippen LogP contribution in [-0.4, -0.2) is 62.6 Å². The molecule has 7 nitrogen and oxygen atoms in total. The van der Waals surface area contributed by atoms with Crippen LogP contribution in [0.15, 0.2) is 12.1 Å². The fourth-order valence-electron chi connectivity index (χ4n) is 2.79. The molecular weight excluding hydrogens is 268 g/mol. The smallest absolute Gasteiger partial charge is 0.178 e. The van der Waals surface area contributed by atoms with Crippen LogP contribution in [0.25, 0.3) is 5.65 Å². The van der Waals surface area contributed by atoms with Crippen molar-refractivity contribution in [2.24, 2.45) is 5.92 Å². The number of likely N-dealkylation sites (tertiary alicyclic amines) is 1. The highest BCUT2D eigenvalue weighted by Gasteiger charge is 2.18. The topological polar surface area (TPSA) is 78.6 Å². The largest absolute Gasteiger partial charge is 0.395 e. The van der Waals surface area contributed by atoms with Gasteiger partial charge in [0.25, 0.3) is 0 Å². The molecule has 2 aromatic rings. The Morgan fingerprint density at radius 2 is 2.10 bits per heavy atom. The van der Waals surface area contributed by atoms with Crippen LogP contribution in [0.2, 0.25) is 0 Å². The summed E-state index contributed by atoms with van der Waals surface area (Å²) in [5, 5.41) is 24.9. The van der Waals surface area contributed by atoms with Gasteiger partial charge in [-0.05, 0) is 50.9 Å². The Bertz CT molecular complexity index is 590. The number of nitrogens with one attached hydrogen (secondary N) is 1. The van der Waals surface area contributed by atoms with Gasteiger partial charge in [-0.2, -0.15) is 4.52 Å².